The molecule has 1 aliphatic rings. The Morgan fingerprint density at radius 1 is 1.28 bits per heavy atom. The van der Waals surface area contributed by atoms with Gasteiger partial charge in [-0.05, 0) is 37.3 Å². The fraction of sp³-hybridized carbons (Fsp3) is 0.190. The van der Waals surface area contributed by atoms with E-state index in [9.17, 15) is 9.59 Å². The van der Waals surface area contributed by atoms with Gasteiger partial charge in [-0.2, -0.15) is 0 Å². The van der Waals surface area contributed by atoms with Gasteiger partial charge in [0.15, 0.2) is 11.7 Å². The van der Waals surface area contributed by atoms with Gasteiger partial charge in [0.25, 0.3) is 5.91 Å². The van der Waals surface area contributed by atoms with E-state index in [1.165, 1.54) is 11.3 Å². The minimum Gasteiger partial charge on any atom is -0.493 e. The van der Waals surface area contributed by atoms with E-state index in [0.29, 0.717) is 16.6 Å². The molecule has 148 valence electrons. The molecule has 0 radical (unpaired) electrons. The van der Waals surface area contributed by atoms with Gasteiger partial charge >= 0.3 is 0 Å². The van der Waals surface area contributed by atoms with E-state index in [1.807, 2.05) is 55.5 Å². The molecule has 2 amide bonds. The van der Waals surface area contributed by atoms with Crippen LogP contribution in [0.3, 0.4) is 0 Å². The van der Waals surface area contributed by atoms with Gasteiger partial charge in [-0.1, -0.05) is 18.2 Å². The molecule has 29 heavy (non-hydrogen) atoms. The smallest absolute Gasteiger partial charge is 0.262 e. The van der Waals surface area contributed by atoms with Crippen molar-refractivity contribution < 1.29 is 19.1 Å². The van der Waals surface area contributed by atoms with Crippen LogP contribution in [0, 0.1) is 6.92 Å². The average molecular weight is 409 g/mol. The summed E-state index contributed by atoms with van der Waals surface area (Å²) in [5.74, 6) is 1.02. The Morgan fingerprint density at radius 3 is 2.93 bits per heavy atom. The second kappa shape index (κ2) is 8.32. The fourth-order valence-corrected chi connectivity index (χ4v) is 3.76. The molecule has 0 unspecified atom stereocenters. The molecule has 8 heteroatoms. The lowest BCUT2D eigenvalue weighted by atomic mass is 10.1. The number of benzene rings is 2. The third-order valence-electron chi connectivity index (χ3n) is 4.27. The molecule has 4 rings (SSSR count). The first kappa shape index (κ1) is 18.9. The van der Waals surface area contributed by atoms with Crippen LogP contribution in [-0.2, 0) is 9.59 Å². The summed E-state index contributed by atoms with van der Waals surface area (Å²) in [6.45, 7) is 2.25. The summed E-state index contributed by atoms with van der Waals surface area (Å²) in [5.41, 5.74) is 2.22. The van der Waals surface area contributed by atoms with Crippen molar-refractivity contribution in [3.63, 3.8) is 0 Å². The van der Waals surface area contributed by atoms with Crippen LogP contribution < -0.4 is 20.1 Å². The van der Waals surface area contributed by atoms with Crippen molar-refractivity contribution in [1.82, 2.24) is 4.98 Å². The highest BCUT2D eigenvalue weighted by Crippen LogP contribution is 2.36. The fourth-order valence-electron chi connectivity index (χ4n) is 2.91. The SMILES string of the molecule is Cc1sc(NC(=O)CCOc2ccccc2)nc1-c1ccc2c(c1)NC(=O)CO2. The van der Waals surface area contributed by atoms with Gasteiger partial charge in [0.2, 0.25) is 5.91 Å². The summed E-state index contributed by atoms with van der Waals surface area (Å²) < 4.78 is 10.9. The van der Waals surface area contributed by atoms with Crippen LogP contribution in [0.15, 0.2) is 48.5 Å². The third kappa shape index (κ3) is 4.55. The lowest BCUT2D eigenvalue weighted by Crippen LogP contribution is -2.25. The second-order valence-corrected chi connectivity index (χ2v) is 7.63. The maximum Gasteiger partial charge on any atom is 0.262 e. The molecule has 2 N–H and O–H groups in total. The van der Waals surface area contributed by atoms with E-state index in [-0.39, 0.29) is 31.4 Å². The van der Waals surface area contributed by atoms with E-state index >= 15 is 0 Å². The Balaban J connectivity index is 1.39. The minimum atomic E-state index is -0.185. The Bertz CT molecular complexity index is 1050. The maximum absolute atomic E-state index is 12.2. The zero-order valence-electron chi connectivity index (χ0n) is 15.7. The Kier molecular flexibility index (Phi) is 5.44. The second-order valence-electron chi connectivity index (χ2n) is 6.43. The van der Waals surface area contributed by atoms with E-state index in [0.717, 1.165) is 21.9 Å². The number of nitrogens with one attached hydrogen (secondary N) is 2. The van der Waals surface area contributed by atoms with Crippen molar-refractivity contribution in [2.45, 2.75) is 13.3 Å². The number of fused-ring (bicyclic) bond motifs is 1. The van der Waals surface area contributed by atoms with Crippen LogP contribution in [0.4, 0.5) is 10.8 Å². The summed E-state index contributed by atoms with van der Waals surface area (Å²) >= 11 is 1.40. The van der Waals surface area contributed by atoms with Crippen molar-refractivity contribution in [3.05, 3.63) is 53.4 Å². The lowest BCUT2D eigenvalue weighted by Gasteiger charge is -2.18. The summed E-state index contributed by atoms with van der Waals surface area (Å²) in [7, 11) is 0. The molecule has 7 nitrogen and oxygen atoms in total. The highest BCUT2D eigenvalue weighted by Gasteiger charge is 2.18. The van der Waals surface area contributed by atoms with Gasteiger partial charge < -0.3 is 20.1 Å². The van der Waals surface area contributed by atoms with E-state index in [2.05, 4.69) is 15.6 Å². The number of anilines is 2. The summed E-state index contributed by atoms with van der Waals surface area (Å²) in [6.07, 6.45) is 0.227. The number of carbonyl (C=O) groups excluding carboxylic acids is 2. The summed E-state index contributed by atoms with van der Waals surface area (Å²) in [4.78, 5) is 29.2. The number of amides is 2. The van der Waals surface area contributed by atoms with E-state index < -0.39 is 0 Å². The van der Waals surface area contributed by atoms with Crippen LogP contribution >= 0.6 is 11.3 Å². The first-order valence-corrected chi connectivity index (χ1v) is 9.92. The molecule has 1 aromatic heterocycles. The van der Waals surface area contributed by atoms with Gasteiger partial charge in [0.1, 0.15) is 11.5 Å². The van der Waals surface area contributed by atoms with Gasteiger partial charge in [-0.15, -0.1) is 11.3 Å². The molecule has 0 saturated carbocycles. The topological polar surface area (TPSA) is 89.5 Å². The van der Waals surface area contributed by atoms with Gasteiger partial charge in [-0.3, -0.25) is 9.59 Å². The molecule has 2 aromatic carbocycles. The Labute approximate surface area is 171 Å². The highest BCUT2D eigenvalue weighted by atomic mass is 32.1. The number of rotatable bonds is 6. The molecule has 0 atom stereocenters. The van der Waals surface area contributed by atoms with Crippen molar-refractivity contribution in [1.29, 1.82) is 0 Å². The largest absolute Gasteiger partial charge is 0.493 e. The molecule has 0 bridgehead atoms. The van der Waals surface area contributed by atoms with Crippen molar-refractivity contribution in [2.75, 3.05) is 23.8 Å². The number of carbonyl (C=O) groups is 2. The third-order valence-corrected chi connectivity index (χ3v) is 5.16. The predicted octanol–water partition coefficient (Wildman–Crippen LogP) is 3.86. The number of hydrogen-bond acceptors (Lipinski definition) is 6. The molecule has 3 aromatic rings. The van der Waals surface area contributed by atoms with Crippen LogP contribution in [-0.4, -0.2) is 30.0 Å². The molecule has 0 fully saturated rings. The van der Waals surface area contributed by atoms with E-state index in [4.69, 9.17) is 9.47 Å². The van der Waals surface area contributed by atoms with Crippen LogP contribution in [0.5, 0.6) is 11.5 Å². The van der Waals surface area contributed by atoms with Crippen molar-refractivity contribution >= 4 is 34.0 Å². The number of nitrogens with zero attached hydrogens (tertiary/aromatic N) is 1. The number of para-hydroxylation sites is 1. The Morgan fingerprint density at radius 2 is 2.10 bits per heavy atom. The number of ether oxygens (including phenoxy) is 2. The predicted molar refractivity (Wildman–Crippen MR) is 112 cm³/mol. The van der Waals surface area contributed by atoms with Gasteiger partial charge in [0.05, 0.1) is 24.4 Å². The zero-order chi connectivity index (χ0) is 20.2. The first-order chi connectivity index (χ1) is 14.1. The number of hydrogen-bond donors (Lipinski definition) is 2. The van der Waals surface area contributed by atoms with Gasteiger partial charge in [-0.25, -0.2) is 4.98 Å². The van der Waals surface area contributed by atoms with Crippen LogP contribution in [0.1, 0.15) is 11.3 Å². The van der Waals surface area contributed by atoms with Crippen molar-refractivity contribution in [2.24, 2.45) is 0 Å². The number of aromatic nitrogens is 1. The van der Waals surface area contributed by atoms with E-state index in [1.54, 1.807) is 0 Å². The molecule has 0 aliphatic carbocycles. The first-order valence-electron chi connectivity index (χ1n) is 9.11. The molecule has 2 heterocycles. The number of aryl methyl sites for hydroxylation is 1. The van der Waals surface area contributed by atoms with Crippen LogP contribution in [0.25, 0.3) is 11.3 Å². The standard InChI is InChI=1S/C21H19N3O4S/c1-13-20(14-7-8-17-16(11-14)22-19(26)12-28-17)24-21(29-13)23-18(25)9-10-27-15-5-3-2-4-6-15/h2-8,11H,9-10,12H2,1H3,(H,22,26)(H,23,24,25). The average Bonchev–Trinajstić information content (AvgIpc) is 3.08. The monoisotopic (exact) mass is 409 g/mol. The summed E-state index contributed by atoms with van der Waals surface area (Å²) in [6, 6.07) is 14.9. The summed E-state index contributed by atoms with van der Waals surface area (Å²) in [5, 5.41) is 6.14. The quantitative estimate of drug-likeness (QED) is 0.645. The Hall–Kier alpha value is -3.39. The molecular formula is C21H19N3O4S. The van der Waals surface area contributed by atoms with Crippen LogP contribution in [0.2, 0.25) is 0 Å². The molecule has 1 aliphatic heterocycles. The maximum atomic E-state index is 12.2. The molecule has 0 spiro atoms. The zero-order valence-corrected chi connectivity index (χ0v) is 16.5. The highest BCUT2D eigenvalue weighted by molar-refractivity contribution is 7.16. The molecule has 0 saturated heterocycles. The minimum absolute atomic E-state index is 0.0201. The molecular weight excluding hydrogens is 390 g/mol. The number of thiazole rings is 1. The normalized spacial score (nSPS) is 12.5. The lowest BCUT2D eigenvalue weighted by molar-refractivity contribution is -0.118. The van der Waals surface area contributed by atoms with Gasteiger partial charge in [0, 0.05) is 10.4 Å². The van der Waals surface area contributed by atoms with Crippen molar-refractivity contribution in [3.8, 4) is 22.8 Å².